The van der Waals surface area contributed by atoms with Crippen molar-refractivity contribution < 1.29 is 33.8 Å². The first kappa shape index (κ1) is 24.1. The highest BCUT2D eigenvalue weighted by atomic mass is 35.5. The highest BCUT2D eigenvalue weighted by molar-refractivity contribution is 8.18. The van der Waals surface area contributed by atoms with Crippen LogP contribution in [0.2, 0.25) is 5.02 Å². The lowest BCUT2D eigenvalue weighted by Gasteiger charge is -2.13. The number of ether oxygens (including phenoxy) is 2. The quantitative estimate of drug-likeness (QED) is 0.442. The van der Waals surface area contributed by atoms with Crippen LogP contribution >= 0.6 is 23.4 Å². The number of phenolic OH excluding ortho intramolecular Hbond substituents is 1. The van der Waals surface area contributed by atoms with Crippen molar-refractivity contribution in [2.75, 3.05) is 25.6 Å². The van der Waals surface area contributed by atoms with Gasteiger partial charge in [-0.3, -0.25) is 19.3 Å². The average molecular weight is 491 g/mol. The van der Waals surface area contributed by atoms with Gasteiger partial charge in [0.05, 0.1) is 29.2 Å². The highest BCUT2D eigenvalue weighted by Crippen LogP contribution is 2.34. The van der Waals surface area contributed by atoms with Crippen molar-refractivity contribution in [3.8, 4) is 11.5 Å². The molecule has 0 saturated carbocycles. The van der Waals surface area contributed by atoms with Gasteiger partial charge in [0.2, 0.25) is 5.91 Å². The third-order valence-electron chi connectivity index (χ3n) is 4.41. The van der Waals surface area contributed by atoms with Gasteiger partial charge in [-0.1, -0.05) is 17.7 Å². The van der Waals surface area contributed by atoms with Crippen molar-refractivity contribution >= 4 is 58.1 Å². The number of nitrogens with zero attached hydrogens (tertiary/aromatic N) is 1. The summed E-state index contributed by atoms with van der Waals surface area (Å²) in [4.78, 5) is 50.1. The fourth-order valence-corrected chi connectivity index (χ4v) is 3.93. The first-order chi connectivity index (χ1) is 15.7. The first-order valence-electron chi connectivity index (χ1n) is 9.62. The molecule has 3 rings (SSSR count). The van der Waals surface area contributed by atoms with Crippen LogP contribution in [0, 0.1) is 0 Å². The van der Waals surface area contributed by atoms with Gasteiger partial charge in [-0.2, -0.15) is 0 Å². The monoisotopic (exact) mass is 490 g/mol. The van der Waals surface area contributed by atoms with Crippen molar-refractivity contribution in [2.24, 2.45) is 0 Å². The summed E-state index contributed by atoms with van der Waals surface area (Å²) in [6, 6.07) is 8.75. The SMILES string of the molecule is CCOc1cc(/C=C2/SC(=O)N(CC(=O)Nc3ccc(Cl)c(C(=O)OC)c3)C2=O)ccc1O. The van der Waals surface area contributed by atoms with Crippen LogP contribution in [0.4, 0.5) is 10.5 Å². The van der Waals surface area contributed by atoms with E-state index >= 15 is 0 Å². The van der Waals surface area contributed by atoms with Gasteiger partial charge in [-0.15, -0.1) is 0 Å². The second-order valence-corrected chi connectivity index (χ2v) is 8.06. The van der Waals surface area contributed by atoms with Gasteiger partial charge >= 0.3 is 5.97 Å². The van der Waals surface area contributed by atoms with Crippen molar-refractivity contribution in [1.82, 2.24) is 4.90 Å². The Labute approximate surface area is 198 Å². The number of hydrogen-bond donors (Lipinski definition) is 2. The van der Waals surface area contributed by atoms with Crippen LogP contribution in [-0.4, -0.2) is 53.3 Å². The molecule has 9 nitrogen and oxygen atoms in total. The Morgan fingerprint density at radius 1 is 1.21 bits per heavy atom. The molecule has 172 valence electrons. The van der Waals surface area contributed by atoms with Gasteiger partial charge in [0.1, 0.15) is 6.54 Å². The molecule has 1 aliphatic rings. The number of phenols is 1. The van der Waals surface area contributed by atoms with E-state index in [0.717, 1.165) is 4.90 Å². The topological polar surface area (TPSA) is 122 Å². The first-order valence-corrected chi connectivity index (χ1v) is 10.8. The molecule has 3 amide bonds. The van der Waals surface area contributed by atoms with Crippen LogP contribution < -0.4 is 10.1 Å². The van der Waals surface area contributed by atoms with E-state index in [1.54, 1.807) is 19.1 Å². The molecule has 2 aromatic carbocycles. The number of halogens is 1. The number of rotatable bonds is 7. The molecular formula is C22H19ClN2O7S. The predicted molar refractivity (Wildman–Crippen MR) is 123 cm³/mol. The smallest absolute Gasteiger partial charge is 0.339 e. The van der Waals surface area contributed by atoms with E-state index in [4.69, 9.17) is 16.3 Å². The fraction of sp³-hybridized carbons (Fsp3) is 0.182. The van der Waals surface area contributed by atoms with Crippen molar-refractivity contribution in [3.63, 3.8) is 0 Å². The van der Waals surface area contributed by atoms with Gasteiger partial charge in [0.15, 0.2) is 11.5 Å². The summed E-state index contributed by atoms with van der Waals surface area (Å²) in [5, 5.41) is 11.9. The standard InChI is InChI=1S/C22H19ClN2O7S/c1-3-32-17-8-12(4-7-16(17)26)9-18-20(28)25(22(30)33-18)11-19(27)24-13-5-6-15(23)14(10-13)21(29)31-2/h4-10,26H,3,11H2,1-2H3,(H,24,27)/b18-9+. The van der Waals surface area contributed by atoms with E-state index in [0.29, 0.717) is 23.9 Å². The number of amides is 3. The number of thioether (sulfide) groups is 1. The molecule has 0 aliphatic carbocycles. The normalized spacial score (nSPS) is 14.5. The van der Waals surface area contributed by atoms with Crippen LogP contribution in [0.1, 0.15) is 22.8 Å². The lowest BCUT2D eigenvalue weighted by molar-refractivity contribution is -0.127. The van der Waals surface area contributed by atoms with Crippen LogP contribution in [0.3, 0.4) is 0 Å². The van der Waals surface area contributed by atoms with Crippen molar-refractivity contribution in [3.05, 3.63) is 57.5 Å². The van der Waals surface area contributed by atoms with E-state index in [9.17, 15) is 24.3 Å². The molecule has 2 aromatic rings. The lowest BCUT2D eigenvalue weighted by atomic mass is 10.2. The summed E-state index contributed by atoms with van der Waals surface area (Å²) in [5.41, 5.74) is 0.856. The molecule has 0 unspecified atom stereocenters. The van der Waals surface area contributed by atoms with E-state index < -0.39 is 29.6 Å². The minimum Gasteiger partial charge on any atom is -0.504 e. The molecule has 0 bridgehead atoms. The van der Waals surface area contributed by atoms with E-state index in [1.165, 1.54) is 37.5 Å². The lowest BCUT2D eigenvalue weighted by Crippen LogP contribution is -2.36. The molecule has 1 heterocycles. The number of carbonyl (C=O) groups excluding carboxylic acids is 4. The van der Waals surface area contributed by atoms with Gasteiger partial charge in [0, 0.05) is 5.69 Å². The van der Waals surface area contributed by atoms with Crippen molar-refractivity contribution in [1.29, 1.82) is 0 Å². The van der Waals surface area contributed by atoms with Crippen LogP contribution in [0.5, 0.6) is 11.5 Å². The fourth-order valence-electron chi connectivity index (χ4n) is 2.89. The number of imide groups is 1. The zero-order valence-corrected chi connectivity index (χ0v) is 19.2. The maximum absolute atomic E-state index is 12.7. The van der Waals surface area contributed by atoms with Crippen molar-refractivity contribution in [2.45, 2.75) is 6.92 Å². The summed E-state index contributed by atoms with van der Waals surface area (Å²) in [7, 11) is 1.20. The number of esters is 1. The molecule has 1 aliphatic heterocycles. The molecule has 1 saturated heterocycles. The van der Waals surface area contributed by atoms with Gasteiger partial charge < -0.3 is 19.9 Å². The number of benzene rings is 2. The third kappa shape index (κ3) is 5.65. The Bertz CT molecular complexity index is 1170. The summed E-state index contributed by atoms with van der Waals surface area (Å²) < 4.78 is 9.96. The summed E-state index contributed by atoms with van der Waals surface area (Å²) in [6.07, 6.45) is 1.48. The number of carbonyl (C=O) groups is 4. The van der Waals surface area contributed by atoms with E-state index in [1.807, 2.05) is 0 Å². The minimum atomic E-state index is -0.672. The van der Waals surface area contributed by atoms with Gasteiger partial charge in [0.25, 0.3) is 11.1 Å². The Morgan fingerprint density at radius 3 is 2.67 bits per heavy atom. The molecule has 1 fully saturated rings. The van der Waals surface area contributed by atoms with Gasteiger partial charge in [-0.25, -0.2) is 4.79 Å². The minimum absolute atomic E-state index is 0.0451. The van der Waals surface area contributed by atoms with Crippen LogP contribution in [0.25, 0.3) is 6.08 Å². The molecule has 0 radical (unpaired) electrons. The Morgan fingerprint density at radius 2 is 1.97 bits per heavy atom. The summed E-state index contributed by atoms with van der Waals surface area (Å²) in [6.45, 7) is 1.60. The molecule has 2 N–H and O–H groups in total. The highest BCUT2D eigenvalue weighted by Gasteiger charge is 2.36. The number of hydrogen-bond acceptors (Lipinski definition) is 8. The number of aromatic hydroxyl groups is 1. The third-order valence-corrected chi connectivity index (χ3v) is 5.65. The second kappa shape index (κ2) is 10.4. The average Bonchev–Trinajstić information content (AvgIpc) is 3.04. The Balaban J connectivity index is 1.71. The maximum Gasteiger partial charge on any atom is 0.339 e. The number of nitrogens with one attached hydrogen (secondary N) is 1. The molecule has 11 heteroatoms. The van der Waals surface area contributed by atoms with Crippen LogP contribution in [0.15, 0.2) is 41.3 Å². The van der Waals surface area contributed by atoms with E-state index in [2.05, 4.69) is 10.1 Å². The van der Waals surface area contributed by atoms with E-state index in [-0.39, 0.29) is 32.7 Å². The molecule has 0 atom stereocenters. The molecule has 0 aromatic heterocycles. The second-order valence-electron chi connectivity index (χ2n) is 6.66. The Hall–Kier alpha value is -3.50. The molecule has 33 heavy (non-hydrogen) atoms. The maximum atomic E-state index is 12.7. The summed E-state index contributed by atoms with van der Waals surface area (Å²) in [5.74, 6) is -1.73. The number of anilines is 1. The zero-order valence-electron chi connectivity index (χ0n) is 17.6. The predicted octanol–water partition coefficient (Wildman–Crippen LogP) is 3.91. The molecular weight excluding hydrogens is 472 g/mol. The summed E-state index contributed by atoms with van der Waals surface area (Å²) >= 11 is 6.65. The van der Waals surface area contributed by atoms with Crippen LogP contribution in [-0.2, 0) is 14.3 Å². The zero-order chi connectivity index (χ0) is 24.1. The Kier molecular flexibility index (Phi) is 7.62. The molecule has 0 spiro atoms. The largest absolute Gasteiger partial charge is 0.504 e. The van der Waals surface area contributed by atoms with Gasteiger partial charge in [-0.05, 0) is 60.7 Å². The number of methoxy groups -OCH3 is 1.